The van der Waals surface area contributed by atoms with Gasteiger partial charge in [0.05, 0.1) is 5.92 Å². The van der Waals surface area contributed by atoms with Crippen molar-refractivity contribution in [3.05, 3.63) is 11.6 Å². The standard InChI is InChI=1S/C20H33F3N6.HI/c1-2-24-19(26-16-11-9-15(10-12-16)20(21,22)23)25-13-6-8-18-28-27-17-7-4-3-5-14-29(17)18;/h15-16H,2-14H2,1H3,(H2,24,25,26);1H. The molecule has 0 unspecified atom stereocenters. The molecule has 1 aliphatic heterocycles. The molecule has 172 valence electrons. The molecule has 3 rings (SSSR count). The van der Waals surface area contributed by atoms with Gasteiger partial charge in [-0.15, -0.1) is 34.2 Å². The lowest BCUT2D eigenvalue weighted by molar-refractivity contribution is -0.182. The molecule has 1 aliphatic carbocycles. The summed E-state index contributed by atoms with van der Waals surface area (Å²) in [5, 5.41) is 15.2. The van der Waals surface area contributed by atoms with Crippen molar-refractivity contribution in [1.29, 1.82) is 0 Å². The van der Waals surface area contributed by atoms with Gasteiger partial charge in [0.15, 0.2) is 5.96 Å². The van der Waals surface area contributed by atoms with E-state index in [0.717, 1.165) is 44.0 Å². The first-order chi connectivity index (χ1) is 14.0. The van der Waals surface area contributed by atoms with Crippen LogP contribution in [0, 0.1) is 5.92 Å². The number of aryl methyl sites for hydroxylation is 2. The first-order valence-electron chi connectivity index (χ1n) is 11.0. The van der Waals surface area contributed by atoms with E-state index in [1.165, 1.54) is 19.3 Å². The molecule has 1 aromatic rings. The minimum absolute atomic E-state index is 0. The van der Waals surface area contributed by atoms with Crippen molar-refractivity contribution >= 4 is 29.9 Å². The maximum Gasteiger partial charge on any atom is 0.391 e. The van der Waals surface area contributed by atoms with Crippen molar-refractivity contribution in [2.45, 2.75) is 89.9 Å². The van der Waals surface area contributed by atoms with Gasteiger partial charge in [-0.1, -0.05) is 6.42 Å². The number of fused-ring (bicyclic) bond motifs is 1. The summed E-state index contributed by atoms with van der Waals surface area (Å²) in [6, 6.07) is 0.0543. The number of hydrogen-bond acceptors (Lipinski definition) is 3. The molecule has 0 atom stereocenters. The zero-order valence-corrected chi connectivity index (χ0v) is 20.0. The lowest BCUT2D eigenvalue weighted by Crippen LogP contribution is -2.45. The molecule has 10 heteroatoms. The quantitative estimate of drug-likeness (QED) is 0.245. The van der Waals surface area contributed by atoms with Crippen LogP contribution in [0.5, 0.6) is 0 Å². The van der Waals surface area contributed by atoms with Crippen molar-refractivity contribution in [2.24, 2.45) is 10.9 Å². The summed E-state index contributed by atoms with van der Waals surface area (Å²) in [5.74, 6) is 1.69. The molecule has 0 spiro atoms. The van der Waals surface area contributed by atoms with Gasteiger partial charge in [0.1, 0.15) is 11.6 Å². The Bertz CT molecular complexity index is 668. The first kappa shape index (κ1) is 25.2. The number of nitrogens with one attached hydrogen (secondary N) is 2. The summed E-state index contributed by atoms with van der Waals surface area (Å²) in [6.45, 7) is 4.37. The number of rotatable bonds is 6. The van der Waals surface area contributed by atoms with Crippen LogP contribution in [-0.2, 0) is 19.4 Å². The predicted molar refractivity (Wildman–Crippen MR) is 122 cm³/mol. The zero-order chi connectivity index (χ0) is 20.7. The topological polar surface area (TPSA) is 67.1 Å². The third kappa shape index (κ3) is 7.26. The smallest absolute Gasteiger partial charge is 0.357 e. The maximum atomic E-state index is 12.8. The molecule has 0 saturated heterocycles. The molecule has 30 heavy (non-hydrogen) atoms. The highest BCUT2D eigenvalue weighted by Crippen LogP contribution is 2.37. The molecule has 0 amide bonds. The number of aliphatic imine (C=N–C) groups is 1. The monoisotopic (exact) mass is 542 g/mol. The van der Waals surface area contributed by atoms with Crippen LogP contribution >= 0.6 is 24.0 Å². The van der Waals surface area contributed by atoms with Gasteiger partial charge in [0.25, 0.3) is 0 Å². The lowest BCUT2D eigenvalue weighted by Gasteiger charge is -2.31. The van der Waals surface area contributed by atoms with Gasteiger partial charge in [-0.3, -0.25) is 4.99 Å². The van der Waals surface area contributed by atoms with Gasteiger partial charge in [-0.05, 0) is 51.9 Å². The molecule has 0 radical (unpaired) electrons. The van der Waals surface area contributed by atoms with Crippen LogP contribution in [0.1, 0.15) is 69.9 Å². The highest BCUT2D eigenvalue weighted by atomic mass is 127. The first-order valence-corrected chi connectivity index (χ1v) is 11.0. The van der Waals surface area contributed by atoms with Crippen molar-refractivity contribution in [3.8, 4) is 0 Å². The average molecular weight is 542 g/mol. The van der Waals surface area contributed by atoms with E-state index < -0.39 is 12.1 Å². The number of halogens is 4. The largest absolute Gasteiger partial charge is 0.391 e. The lowest BCUT2D eigenvalue weighted by atomic mass is 9.85. The van der Waals surface area contributed by atoms with Gasteiger partial charge >= 0.3 is 6.18 Å². The summed E-state index contributed by atoms with van der Waals surface area (Å²) in [5.41, 5.74) is 0. The number of nitrogens with zero attached hydrogens (tertiary/aromatic N) is 4. The van der Waals surface area contributed by atoms with Crippen LogP contribution in [0.3, 0.4) is 0 Å². The second-order valence-corrected chi connectivity index (χ2v) is 8.09. The summed E-state index contributed by atoms with van der Waals surface area (Å²) in [6.07, 6.45) is 3.71. The van der Waals surface area contributed by atoms with E-state index in [-0.39, 0.29) is 42.9 Å². The van der Waals surface area contributed by atoms with Crippen LogP contribution in [0.25, 0.3) is 0 Å². The number of aromatic nitrogens is 3. The molecule has 2 N–H and O–H groups in total. The third-order valence-corrected chi connectivity index (χ3v) is 5.89. The molecule has 2 aliphatic rings. The second-order valence-electron chi connectivity index (χ2n) is 8.09. The zero-order valence-electron chi connectivity index (χ0n) is 17.7. The minimum atomic E-state index is -4.07. The van der Waals surface area contributed by atoms with Crippen molar-refractivity contribution in [1.82, 2.24) is 25.4 Å². The van der Waals surface area contributed by atoms with E-state index in [2.05, 4.69) is 30.4 Å². The highest BCUT2D eigenvalue weighted by molar-refractivity contribution is 14.0. The Hall–Kier alpha value is -1.07. The number of alkyl halides is 3. The number of hydrogen-bond donors (Lipinski definition) is 2. The molecular weight excluding hydrogens is 508 g/mol. The van der Waals surface area contributed by atoms with Crippen LogP contribution in [-0.4, -0.2) is 46.0 Å². The van der Waals surface area contributed by atoms with Gasteiger partial charge in [-0.2, -0.15) is 13.2 Å². The molecule has 0 aromatic carbocycles. The summed E-state index contributed by atoms with van der Waals surface area (Å²) >= 11 is 0. The summed E-state index contributed by atoms with van der Waals surface area (Å²) in [7, 11) is 0. The van der Waals surface area contributed by atoms with Crippen molar-refractivity contribution in [2.75, 3.05) is 13.1 Å². The Morgan fingerprint density at radius 3 is 2.60 bits per heavy atom. The Morgan fingerprint density at radius 2 is 1.90 bits per heavy atom. The predicted octanol–water partition coefficient (Wildman–Crippen LogP) is 4.23. The molecule has 1 fully saturated rings. The van der Waals surface area contributed by atoms with E-state index in [0.29, 0.717) is 25.3 Å². The van der Waals surface area contributed by atoms with E-state index >= 15 is 0 Å². The Balaban J connectivity index is 0.00000320. The molecule has 0 bridgehead atoms. The van der Waals surface area contributed by atoms with E-state index in [1.54, 1.807) is 0 Å². The third-order valence-electron chi connectivity index (χ3n) is 5.89. The fraction of sp³-hybridized carbons (Fsp3) is 0.850. The Kier molecular flexibility index (Phi) is 10.2. The summed E-state index contributed by atoms with van der Waals surface area (Å²) < 4.78 is 40.8. The highest BCUT2D eigenvalue weighted by Gasteiger charge is 2.41. The van der Waals surface area contributed by atoms with E-state index in [9.17, 15) is 13.2 Å². The number of guanidine groups is 1. The minimum Gasteiger partial charge on any atom is -0.357 e. The Morgan fingerprint density at radius 1 is 1.13 bits per heavy atom. The normalized spacial score (nSPS) is 22.6. The molecular formula is C20H34F3IN6. The molecule has 2 heterocycles. The fourth-order valence-electron chi connectivity index (χ4n) is 4.24. The molecule has 1 saturated carbocycles. The van der Waals surface area contributed by atoms with Crippen LogP contribution in [0.4, 0.5) is 13.2 Å². The SMILES string of the molecule is CCNC(=NCCCc1nnc2n1CCCCC2)NC1CCC(C(F)(F)F)CC1.I. The Labute approximate surface area is 193 Å². The van der Waals surface area contributed by atoms with Crippen LogP contribution in [0.2, 0.25) is 0 Å². The van der Waals surface area contributed by atoms with Crippen LogP contribution < -0.4 is 10.6 Å². The van der Waals surface area contributed by atoms with E-state index in [4.69, 9.17) is 0 Å². The van der Waals surface area contributed by atoms with Gasteiger partial charge in [0, 0.05) is 38.5 Å². The van der Waals surface area contributed by atoms with Crippen molar-refractivity contribution in [3.63, 3.8) is 0 Å². The van der Waals surface area contributed by atoms with Gasteiger partial charge in [0.2, 0.25) is 0 Å². The van der Waals surface area contributed by atoms with E-state index in [1.807, 2.05) is 6.92 Å². The molecule has 1 aromatic heterocycles. The van der Waals surface area contributed by atoms with Gasteiger partial charge < -0.3 is 15.2 Å². The average Bonchev–Trinajstić information content (AvgIpc) is 2.91. The second kappa shape index (κ2) is 12.1. The fourth-order valence-corrected chi connectivity index (χ4v) is 4.24. The summed E-state index contributed by atoms with van der Waals surface area (Å²) in [4.78, 5) is 4.62. The van der Waals surface area contributed by atoms with Crippen molar-refractivity contribution < 1.29 is 13.2 Å². The van der Waals surface area contributed by atoms with Gasteiger partial charge in [-0.25, -0.2) is 0 Å². The molecule has 6 nitrogen and oxygen atoms in total. The van der Waals surface area contributed by atoms with Crippen LogP contribution in [0.15, 0.2) is 4.99 Å². The maximum absolute atomic E-state index is 12.8.